The van der Waals surface area contributed by atoms with E-state index in [2.05, 4.69) is 10.2 Å². The van der Waals surface area contributed by atoms with Crippen LogP contribution >= 0.6 is 23.8 Å². The Morgan fingerprint density at radius 3 is 2.75 bits per heavy atom. The van der Waals surface area contributed by atoms with Crippen LogP contribution in [0.15, 0.2) is 46.9 Å². The molecule has 1 saturated heterocycles. The number of halogens is 1. The molecule has 4 rings (SSSR count). The highest BCUT2D eigenvalue weighted by Crippen LogP contribution is 2.29. The Kier molecular flexibility index (Phi) is 5.66. The minimum absolute atomic E-state index is 0.109. The van der Waals surface area contributed by atoms with Gasteiger partial charge in [0.2, 0.25) is 5.91 Å². The summed E-state index contributed by atoms with van der Waals surface area (Å²) in [5.41, 5.74) is 3.24. The molecule has 1 aliphatic rings. The van der Waals surface area contributed by atoms with Crippen LogP contribution < -0.4 is 10.2 Å². The minimum atomic E-state index is -0.109. The standard InChI is InChI=1S/C20H20ClN3O3S/c21-15-13-14(5-6-16(15)23-9-11-26-12-10-23)22-19(25)7-8-24-17-3-1-2-4-18(17)27-20(24)28/h1-6,13H,7-12H2,(H,22,25). The molecule has 146 valence electrons. The van der Waals surface area contributed by atoms with Crippen LogP contribution in [0.3, 0.4) is 0 Å². The van der Waals surface area contributed by atoms with Gasteiger partial charge in [0.1, 0.15) is 0 Å². The van der Waals surface area contributed by atoms with E-state index in [1.807, 2.05) is 41.0 Å². The number of oxazole rings is 1. The third-order valence-electron chi connectivity index (χ3n) is 4.72. The van der Waals surface area contributed by atoms with Gasteiger partial charge in [0.05, 0.1) is 29.4 Å². The van der Waals surface area contributed by atoms with Crippen molar-refractivity contribution in [3.63, 3.8) is 0 Å². The van der Waals surface area contributed by atoms with Gasteiger partial charge in [0.15, 0.2) is 5.58 Å². The number of hydrogen-bond donors (Lipinski definition) is 1. The van der Waals surface area contributed by atoms with Crippen molar-refractivity contribution in [1.29, 1.82) is 0 Å². The number of anilines is 2. The molecule has 8 heteroatoms. The van der Waals surface area contributed by atoms with Gasteiger partial charge in [-0.1, -0.05) is 23.7 Å². The first-order valence-electron chi connectivity index (χ1n) is 9.12. The summed E-state index contributed by atoms with van der Waals surface area (Å²) in [6.45, 7) is 3.46. The first kappa shape index (κ1) is 19.0. The molecule has 0 spiro atoms. The molecule has 2 heterocycles. The molecule has 0 unspecified atom stereocenters. The van der Waals surface area contributed by atoms with Gasteiger partial charge in [0, 0.05) is 31.7 Å². The lowest BCUT2D eigenvalue weighted by molar-refractivity contribution is -0.116. The Balaban J connectivity index is 1.40. The molecular weight excluding hydrogens is 398 g/mol. The van der Waals surface area contributed by atoms with Gasteiger partial charge >= 0.3 is 0 Å². The number of ether oxygens (including phenoxy) is 1. The zero-order chi connectivity index (χ0) is 19.5. The van der Waals surface area contributed by atoms with E-state index >= 15 is 0 Å². The largest absolute Gasteiger partial charge is 0.429 e. The smallest absolute Gasteiger partial charge is 0.269 e. The van der Waals surface area contributed by atoms with Gasteiger partial charge < -0.3 is 19.4 Å². The van der Waals surface area contributed by atoms with Crippen LogP contribution in [0.1, 0.15) is 6.42 Å². The number of rotatable bonds is 5. The Hall–Kier alpha value is -2.35. The topological polar surface area (TPSA) is 59.6 Å². The number of carbonyl (C=O) groups excluding carboxylic acids is 1. The lowest BCUT2D eigenvalue weighted by Gasteiger charge is -2.29. The number of aryl methyl sites for hydroxylation is 1. The second kappa shape index (κ2) is 8.34. The van der Waals surface area contributed by atoms with E-state index < -0.39 is 0 Å². The van der Waals surface area contributed by atoms with Crippen molar-refractivity contribution in [2.24, 2.45) is 0 Å². The summed E-state index contributed by atoms with van der Waals surface area (Å²) in [6, 6.07) is 13.2. The average Bonchev–Trinajstić information content (AvgIpc) is 3.02. The summed E-state index contributed by atoms with van der Waals surface area (Å²) >= 11 is 11.7. The molecule has 0 atom stereocenters. The van der Waals surface area contributed by atoms with E-state index in [9.17, 15) is 4.79 Å². The fraction of sp³-hybridized carbons (Fsp3) is 0.300. The van der Waals surface area contributed by atoms with Crippen LogP contribution in [0.5, 0.6) is 0 Å². The monoisotopic (exact) mass is 417 g/mol. The summed E-state index contributed by atoms with van der Waals surface area (Å²) < 4.78 is 12.8. The van der Waals surface area contributed by atoms with Gasteiger partial charge in [-0.3, -0.25) is 9.36 Å². The Labute approximate surface area is 172 Å². The lowest BCUT2D eigenvalue weighted by atomic mass is 10.2. The van der Waals surface area contributed by atoms with E-state index in [1.165, 1.54) is 0 Å². The Bertz CT molecular complexity index is 1060. The van der Waals surface area contributed by atoms with Gasteiger partial charge in [-0.15, -0.1) is 0 Å². The molecular formula is C20H20ClN3O3S. The van der Waals surface area contributed by atoms with Crippen LogP contribution in [0.4, 0.5) is 11.4 Å². The summed E-state index contributed by atoms with van der Waals surface area (Å²) in [5, 5.41) is 3.51. The molecule has 3 aromatic rings. The van der Waals surface area contributed by atoms with E-state index in [4.69, 9.17) is 33.0 Å². The number of nitrogens with one attached hydrogen (secondary N) is 1. The maximum absolute atomic E-state index is 12.4. The molecule has 2 aromatic carbocycles. The normalized spacial score (nSPS) is 14.4. The van der Waals surface area contributed by atoms with Gasteiger partial charge in [-0.2, -0.15) is 0 Å². The van der Waals surface area contributed by atoms with Crippen LogP contribution in [0, 0.1) is 4.84 Å². The number of para-hydroxylation sites is 2. The van der Waals surface area contributed by atoms with Crippen LogP contribution in [0.2, 0.25) is 5.02 Å². The average molecular weight is 418 g/mol. The maximum atomic E-state index is 12.4. The van der Waals surface area contributed by atoms with Crippen molar-refractivity contribution >= 4 is 52.2 Å². The van der Waals surface area contributed by atoms with E-state index in [-0.39, 0.29) is 12.3 Å². The molecule has 0 saturated carbocycles. The van der Waals surface area contributed by atoms with Crippen LogP contribution in [-0.2, 0) is 16.1 Å². The predicted molar refractivity (Wildman–Crippen MR) is 113 cm³/mol. The van der Waals surface area contributed by atoms with E-state index in [0.29, 0.717) is 35.3 Å². The molecule has 1 aliphatic heterocycles. The predicted octanol–water partition coefficient (Wildman–Crippen LogP) is 4.48. The highest BCUT2D eigenvalue weighted by Gasteiger charge is 2.15. The highest BCUT2D eigenvalue weighted by molar-refractivity contribution is 7.71. The van der Waals surface area contributed by atoms with Crippen LogP contribution in [-0.4, -0.2) is 36.8 Å². The number of hydrogen-bond acceptors (Lipinski definition) is 5. The highest BCUT2D eigenvalue weighted by atomic mass is 35.5. The van der Waals surface area contributed by atoms with Crippen LogP contribution in [0.25, 0.3) is 11.1 Å². The fourth-order valence-corrected chi connectivity index (χ4v) is 3.89. The molecule has 1 amide bonds. The van der Waals surface area contributed by atoms with Crippen molar-refractivity contribution in [1.82, 2.24) is 4.57 Å². The maximum Gasteiger partial charge on any atom is 0.269 e. The number of fused-ring (bicyclic) bond motifs is 1. The third kappa shape index (κ3) is 4.06. The molecule has 6 nitrogen and oxygen atoms in total. The number of benzene rings is 2. The SMILES string of the molecule is O=C(CCn1c(=S)oc2ccccc21)Nc1ccc(N2CCOCC2)c(Cl)c1. The zero-order valence-corrected chi connectivity index (χ0v) is 16.8. The summed E-state index contributed by atoms with van der Waals surface area (Å²) in [7, 11) is 0. The molecule has 1 fully saturated rings. The molecule has 0 bridgehead atoms. The van der Waals surface area contributed by atoms with Gasteiger partial charge in [-0.05, 0) is 42.5 Å². The van der Waals surface area contributed by atoms with Gasteiger partial charge in [-0.25, -0.2) is 0 Å². The van der Waals surface area contributed by atoms with Gasteiger partial charge in [0.25, 0.3) is 4.84 Å². The number of morpholine rings is 1. The number of nitrogens with zero attached hydrogens (tertiary/aromatic N) is 2. The molecule has 28 heavy (non-hydrogen) atoms. The Morgan fingerprint density at radius 1 is 1.18 bits per heavy atom. The van der Waals surface area contributed by atoms with Crippen molar-refractivity contribution < 1.29 is 13.9 Å². The number of aromatic nitrogens is 1. The summed E-state index contributed by atoms with van der Waals surface area (Å²) in [6.07, 6.45) is 0.278. The third-order valence-corrected chi connectivity index (χ3v) is 5.33. The number of amides is 1. The quantitative estimate of drug-likeness (QED) is 0.620. The lowest BCUT2D eigenvalue weighted by Crippen LogP contribution is -2.36. The van der Waals surface area contributed by atoms with Crippen molar-refractivity contribution in [3.8, 4) is 0 Å². The minimum Gasteiger partial charge on any atom is -0.429 e. The molecule has 1 N–H and O–H groups in total. The second-order valence-corrected chi connectivity index (χ2v) is 7.31. The zero-order valence-electron chi connectivity index (χ0n) is 15.2. The second-order valence-electron chi connectivity index (χ2n) is 6.55. The molecule has 1 aromatic heterocycles. The first-order chi connectivity index (χ1) is 13.6. The summed E-state index contributed by atoms with van der Waals surface area (Å²) in [4.78, 5) is 14.9. The molecule has 0 aliphatic carbocycles. The van der Waals surface area contributed by atoms with E-state index in [0.717, 1.165) is 29.9 Å². The fourth-order valence-electron chi connectivity index (χ4n) is 3.31. The van der Waals surface area contributed by atoms with Crippen molar-refractivity contribution in [3.05, 3.63) is 52.3 Å². The van der Waals surface area contributed by atoms with E-state index in [1.54, 1.807) is 6.07 Å². The molecule has 0 radical (unpaired) electrons. The Morgan fingerprint density at radius 2 is 1.96 bits per heavy atom. The van der Waals surface area contributed by atoms with Crippen molar-refractivity contribution in [2.75, 3.05) is 36.5 Å². The number of carbonyl (C=O) groups is 1. The van der Waals surface area contributed by atoms with Crippen molar-refractivity contribution in [2.45, 2.75) is 13.0 Å². The summed E-state index contributed by atoms with van der Waals surface area (Å²) in [5.74, 6) is -0.109. The first-order valence-corrected chi connectivity index (χ1v) is 9.91.